The molecule has 0 radical (unpaired) electrons. The molecule has 0 aliphatic carbocycles. The summed E-state index contributed by atoms with van der Waals surface area (Å²) >= 11 is 6.09. The summed E-state index contributed by atoms with van der Waals surface area (Å²) in [6.07, 6.45) is 0. The van der Waals surface area contributed by atoms with Crippen LogP contribution in [0.3, 0.4) is 0 Å². The van der Waals surface area contributed by atoms with Crippen LogP contribution in [0.1, 0.15) is 28.3 Å². The summed E-state index contributed by atoms with van der Waals surface area (Å²) < 4.78 is 13.1. The Balaban J connectivity index is 2.46. The first-order valence-electron chi connectivity index (χ1n) is 6.01. The highest BCUT2D eigenvalue weighted by molar-refractivity contribution is 6.31. The average molecular weight is 279 g/mol. The highest BCUT2D eigenvalue weighted by atomic mass is 35.5. The van der Waals surface area contributed by atoms with E-state index >= 15 is 0 Å². The van der Waals surface area contributed by atoms with E-state index in [-0.39, 0.29) is 11.9 Å². The van der Waals surface area contributed by atoms with Gasteiger partial charge in [0.25, 0.3) is 0 Å². The molecule has 100 valence electrons. The fourth-order valence-corrected chi connectivity index (χ4v) is 2.32. The molecule has 0 heterocycles. The van der Waals surface area contributed by atoms with Crippen molar-refractivity contribution in [1.82, 2.24) is 5.43 Å². The van der Waals surface area contributed by atoms with E-state index in [1.165, 1.54) is 23.3 Å². The van der Waals surface area contributed by atoms with E-state index in [2.05, 4.69) is 18.4 Å². The van der Waals surface area contributed by atoms with Gasteiger partial charge in [0.2, 0.25) is 0 Å². The lowest BCUT2D eigenvalue weighted by Gasteiger charge is -2.19. The Morgan fingerprint density at radius 3 is 2.42 bits per heavy atom. The smallest absolute Gasteiger partial charge is 0.124 e. The molecular formula is C15H16ClFN2. The van der Waals surface area contributed by atoms with Crippen LogP contribution < -0.4 is 11.3 Å². The first-order chi connectivity index (χ1) is 9.02. The number of hydrogen-bond acceptors (Lipinski definition) is 2. The van der Waals surface area contributed by atoms with Crippen molar-refractivity contribution in [2.45, 2.75) is 19.9 Å². The van der Waals surface area contributed by atoms with Crippen LogP contribution in [0.2, 0.25) is 5.02 Å². The zero-order valence-electron chi connectivity index (χ0n) is 10.9. The minimum absolute atomic E-state index is 0.257. The fourth-order valence-electron chi connectivity index (χ4n) is 2.05. The number of aryl methyl sites for hydroxylation is 2. The Morgan fingerprint density at radius 2 is 1.84 bits per heavy atom. The molecule has 3 N–H and O–H groups in total. The molecule has 2 rings (SSSR count). The van der Waals surface area contributed by atoms with Crippen LogP contribution >= 0.6 is 11.6 Å². The SMILES string of the molecule is Cc1ccc(C(NN)c2ccc(F)cc2Cl)cc1C. The van der Waals surface area contributed by atoms with Crippen LogP contribution in [0.4, 0.5) is 4.39 Å². The van der Waals surface area contributed by atoms with Gasteiger partial charge in [0, 0.05) is 5.02 Å². The summed E-state index contributed by atoms with van der Waals surface area (Å²) in [6, 6.07) is 10.2. The van der Waals surface area contributed by atoms with Crippen molar-refractivity contribution in [1.29, 1.82) is 0 Å². The van der Waals surface area contributed by atoms with Gasteiger partial charge in [-0.15, -0.1) is 0 Å². The first-order valence-corrected chi connectivity index (χ1v) is 6.39. The molecule has 1 unspecified atom stereocenters. The van der Waals surface area contributed by atoms with Crippen LogP contribution in [0.15, 0.2) is 36.4 Å². The van der Waals surface area contributed by atoms with Gasteiger partial charge in [0.15, 0.2) is 0 Å². The minimum Gasteiger partial charge on any atom is -0.271 e. The van der Waals surface area contributed by atoms with Gasteiger partial charge in [-0.25, -0.2) is 9.82 Å². The third-order valence-corrected chi connectivity index (χ3v) is 3.63. The zero-order valence-corrected chi connectivity index (χ0v) is 11.6. The van der Waals surface area contributed by atoms with Crippen molar-refractivity contribution in [3.63, 3.8) is 0 Å². The quantitative estimate of drug-likeness (QED) is 0.664. The maximum atomic E-state index is 13.1. The maximum absolute atomic E-state index is 13.1. The molecule has 0 aromatic heterocycles. The second-order valence-corrected chi connectivity index (χ2v) is 5.02. The lowest BCUT2D eigenvalue weighted by atomic mass is 9.96. The maximum Gasteiger partial charge on any atom is 0.124 e. The molecule has 0 spiro atoms. The highest BCUT2D eigenvalue weighted by Crippen LogP contribution is 2.29. The van der Waals surface area contributed by atoms with Gasteiger partial charge in [-0.2, -0.15) is 0 Å². The molecule has 4 heteroatoms. The van der Waals surface area contributed by atoms with Crippen LogP contribution in [-0.2, 0) is 0 Å². The molecule has 0 fully saturated rings. The van der Waals surface area contributed by atoms with Gasteiger partial charge in [-0.05, 0) is 48.2 Å². The molecule has 2 nitrogen and oxygen atoms in total. The molecule has 2 aromatic rings. The topological polar surface area (TPSA) is 38.0 Å². The number of hydrazine groups is 1. The molecule has 19 heavy (non-hydrogen) atoms. The van der Waals surface area contributed by atoms with E-state index in [0.29, 0.717) is 5.02 Å². The molecular weight excluding hydrogens is 263 g/mol. The van der Waals surface area contributed by atoms with Crippen molar-refractivity contribution in [3.8, 4) is 0 Å². The first kappa shape index (κ1) is 14.0. The van der Waals surface area contributed by atoms with Crippen LogP contribution in [-0.4, -0.2) is 0 Å². The number of halogens is 2. The fraction of sp³-hybridized carbons (Fsp3) is 0.200. The molecule has 1 atom stereocenters. The lowest BCUT2D eigenvalue weighted by Crippen LogP contribution is -2.29. The Morgan fingerprint density at radius 1 is 1.11 bits per heavy atom. The normalized spacial score (nSPS) is 12.5. The van der Waals surface area contributed by atoms with Gasteiger partial charge in [0.1, 0.15) is 5.82 Å². The molecule has 0 aliphatic heterocycles. The van der Waals surface area contributed by atoms with E-state index in [9.17, 15) is 4.39 Å². The predicted molar refractivity (Wildman–Crippen MR) is 76.5 cm³/mol. The van der Waals surface area contributed by atoms with Crippen molar-refractivity contribution in [3.05, 3.63) is 69.5 Å². The van der Waals surface area contributed by atoms with Crippen molar-refractivity contribution < 1.29 is 4.39 Å². The molecule has 0 saturated heterocycles. The molecule has 0 amide bonds. The third-order valence-electron chi connectivity index (χ3n) is 3.30. The minimum atomic E-state index is -0.357. The molecule has 0 aliphatic rings. The standard InChI is InChI=1S/C15H16ClFN2/c1-9-3-4-11(7-10(9)2)15(19-18)13-6-5-12(17)8-14(13)16/h3-8,15,19H,18H2,1-2H3. The molecule has 0 bridgehead atoms. The predicted octanol–water partition coefficient (Wildman–Crippen LogP) is 3.65. The van der Waals surface area contributed by atoms with E-state index in [0.717, 1.165) is 11.1 Å². The monoisotopic (exact) mass is 278 g/mol. The van der Waals surface area contributed by atoms with Crippen molar-refractivity contribution in [2.24, 2.45) is 5.84 Å². The number of rotatable bonds is 3. The van der Waals surface area contributed by atoms with Crippen LogP contribution in [0.25, 0.3) is 0 Å². The summed E-state index contributed by atoms with van der Waals surface area (Å²) in [5.41, 5.74) is 6.88. The van der Waals surface area contributed by atoms with Crippen LogP contribution in [0.5, 0.6) is 0 Å². The number of nitrogens with two attached hydrogens (primary N) is 1. The summed E-state index contributed by atoms with van der Waals surface area (Å²) in [5.74, 6) is 5.27. The largest absolute Gasteiger partial charge is 0.271 e. The van der Waals surface area contributed by atoms with E-state index in [4.69, 9.17) is 17.4 Å². The Labute approximate surface area is 117 Å². The average Bonchev–Trinajstić information content (AvgIpc) is 2.37. The number of nitrogens with one attached hydrogen (secondary N) is 1. The van der Waals surface area contributed by atoms with Crippen molar-refractivity contribution in [2.75, 3.05) is 0 Å². The Bertz CT molecular complexity index is 599. The van der Waals surface area contributed by atoms with Gasteiger partial charge in [-0.1, -0.05) is 35.9 Å². The summed E-state index contributed by atoms with van der Waals surface area (Å²) in [5, 5.41) is 0.362. The van der Waals surface area contributed by atoms with Gasteiger partial charge < -0.3 is 0 Å². The highest BCUT2D eigenvalue weighted by Gasteiger charge is 2.16. The lowest BCUT2D eigenvalue weighted by molar-refractivity contribution is 0.615. The van der Waals surface area contributed by atoms with Gasteiger partial charge >= 0.3 is 0 Å². The number of hydrogen-bond donors (Lipinski definition) is 2. The van der Waals surface area contributed by atoms with E-state index in [1.807, 2.05) is 19.1 Å². The van der Waals surface area contributed by atoms with E-state index < -0.39 is 0 Å². The van der Waals surface area contributed by atoms with Gasteiger partial charge in [0.05, 0.1) is 6.04 Å². The zero-order chi connectivity index (χ0) is 14.0. The molecule has 0 saturated carbocycles. The summed E-state index contributed by atoms with van der Waals surface area (Å²) in [6.45, 7) is 4.09. The van der Waals surface area contributed by atoms with Crippen LogP contribution in [0, 0.1) is 19.7 Å². The molecule has 2 aromatic carbocycles. The van der Waals surface area contributed by atoms with Gasteiger partial charge in [-0.3, -0.25) is 5.84 Å². The second-order valence-electron chi connectivity index (χ2n) is 4.61. The Hall–Kier alpha value is -1.42. The number of benzene rings is 2. The third kappa shape index (κ3) is 2.95. The summed E-state index contributed by atoms with van der Waals surface area (Å²) in [4.78, 5) is 0. The van der Waals surface area contributed by atoms with E-state index in [1.54, 1.807) is 6.07 Å². The summed E-state index contributed by atoms with van der Waals surface area (Å²) in [7, 11) is 0. The Kier molecular flexibility index (Phi) is 4.20. The second kappa shape index (κ2) is 5.70. The van der Waals surface area contributed by atoms with Crippen molar-refractivity contribution >= 4 is 11.6 Å².